The number of allylic oxidation sites excluding steroid dienone is 1. The van der Waals surface area contributed by atoms with Gasteiger partial charge in [-0.1, -0.05) is 24.3 Å². The average Bonchev–Trinajstić information content (AvgIpc) is 2.61. The first kappa shape index (κ1) is 15.6. The molecular formula is C19H15NO4. The first-order chi connectivity index (χ1) is 11.7. The zero-order valence-electron chi connectivity index (χ0n) is 13.0. The van der Waals surface area contributed by atoms with Crippen molar-refractivity contribution >= 4 is 22.4 Å². The number of methoxy groups -OCH3 is 1. The van der Waals surface area contributed by atoms with Gasteiger partial charge in [-0.2, -0.15) is 0 Å². The highest BCUT2D eigenvalue weighted by Crippen LogP contribution is 2.17. The van der Waals surface area contributed by atoms with Gasteiger partial charge in [-0.15, -0.1) is 0 Å². The summed E-state index contributed by atoms with van der Waals surface area (Å²) in [6.45, 7) is 0. The monoisotopic (exact) mass is 321 g/mol. The van der Waals surface area contributed by atoms with Gasteiger partial charge in [0, 0.05) is 29.4 Å². The Morgan fingerprint density at radius 2 is 1.96 bits per heavy atom. The molecule has 5 heteroatoms. The van der Waals surface area contributed by atoms with Crippen LogP contribution in [0.3, 0.4) is 0 Å². The molecule has 0 aliphatic heterocycles. The minimum absolute atomic E-state index is 0.00241. The number of carbonyl (C=O) groups is 1. The van der Waals surface area contributed by atoms with Crippen molar-refractivity contribution in [3.8, 4) is 5.75 Å². The number of fused-ring (bicyclic) bond motifs is 1. The van der Waals surface area contributed by atoms with E-state index < -0.39 is 11.4 Å². The predicted molar refractivity (Wildman–Crippen MR) is 92.6 cm³/mol. The van der Waals surface area contributed by atoms with Crippen LogP contribution in [0.2, 0.25) is 0 Å². The van der Waals surface area contributed by atoms with E-state index in [0.717, 1.165) is 5.69 Å². The number of hydrogen-bond acceptors (Lipinski definition) is 5. The molecule has 0 bridgehead atoms. The molecule has 0 radical (unpaired) electrons. The van der Waals surface area contributed by atoms with Crippen LogP contribution in [-0.4, -0.2) is 12.9 Å². The summed E-state index contributed by atoms with van der Waals surface area (Å²) in [6.07, 6.45) is 2.77. The van der Waals surface area contributed by atoms with E-state index in [1.54, 1.807) is 37.4 Å². The zero-order chi connectivity index (χ0) is 16.9. The van der Waals surface area contributed by atoms with Crippen molar-refractivity contribution in [3.05, 3.63) is 82.9 Å². The van der Waals surface area contributed by atoms with E-state index in [1.807, 2.05) is 24.3 Å². The maximum Gasteiger partial charge on any atom is 0.347 e. The van der Waals surface area contributed by atoms with Gasteiger partial charge in [0.15, 0.2) is 5.78 Å². The van der Waals surface area contributed by atoms with Gasteiger partial charge in [0.05, 0.1) is 7.11 Å². The Labute approximate surface area is 138 Å². The third kappa shape index (κ3) is 3.35. The topological polar surface area (TPSA) is 68.5 Å². The van der Waals surface area contributed by atoms with E-state index in [-0.39, 0.29) is 5.56 Å². The summed E-state index contributed by atoms with van der Waals surface area (Å²) in [5, 5.41) is 3.67. The Balaban J connectivity index is 1.79. The van der Waals surface area contributed by atoms with Crippen LogP contribution in [0.1, 0.15) is 10.4 Å². The van der Waals surface area contributed by atoms with E-state index >= 15 is 0 Å². The lowest BCUT2D eigenvalue weighted by Gasteiger charge is -2.03. The fourth-order valence-electron chi connectivity index (χ4n) is 2.25. The number of para-hydroxylation sites is 1. The number of hydrogen-bond donors (Lipinski definition) is 1. The second-order valence-electron chi connectivity index (χ2n) is 5.06. The molecule has 3 rings (SSSR count). The predicted octanol–water partition coefficient (Wildman–Crippen LogP) is 3.61. The van der Waals surface area contributed by atoms with Crippen molar-refractivity contribution in [1.29, 1.82) is 0 Å². The molecule has 1 N–H and O–H groups in total. The standard InChI is InChI=1S/C19H15NO4/c1-23-15-7-4-6-14(12-15)20-10-9-17(21)16-11-13-5-2-3-8-18(13)24-19(16)22/h2-12,20H,1H3/b10-9+. The van der Waals surface area contributed by atoms with Crippen molar-refractivity contribution in [2.24, 2.45) is 0 Å². The van der Waals surface area contributed by atoms with Crippen LogP contribution >= 0.6 is 0 Å². The molecule has 0 unspecified atom stereocenters. The van der Waals surface area contributed by atoms with Crippen LogP contribution in [0.15, 0.2) is 76.1 Å². The summed E-state index contributed by atoms with van der Waals surface area (Å²) in [5.74, 6) is 0.278. The number of anilines is 1. The second kappa shape index (κ2) is 6.83. The number of nitrogens with one attached hydrogen (secondary N) is 1. The minimum Gasteiger partial charge on any atom is -0.497 e. The minimum atomic E-state index is -0.648. The molecule has 0 aliphatic carbocycles. The largest absolute Gasteiger partial charge is 0.497 e. The molecule has 1 aromatic heterocycles. The molecule has 2 aromatic carbocycles. The lowest BCUT2D eigenvalue weighted by molar-refractivity contribution is 0.104. The normalized spacial score (nSPS) is 10.9. The molecule has 120 valence electrons. The quantitative estimate of drug-likeness (QED) is 0.442. The lowest BCUT2D eigenvalue weighted by atomic mass is 10.1. The van der Waals surface area contributed by atoms with Gasteiger partial charge in [-0.05, 0) is 24.3 Å². The molecule has 24 heavy (non-hydrogen) atoms. The fraction of sp³-hybridized carbons (Fsp3) is 0.0526. The number of ether oxygens (including phenoxy) is 1. The summed E-state index contributed by atoms with van der Waals surface area (Å²) in [7, 11) is 1.58. The molecule has 0 amide bonds. The van der Waals surface area contributed by atoms with Crippen molar-refractivity contribution in [3.63, 3.8) is 0 Å². The highest BCUT2D eigenvalue weighted by Gasteiger charge is 2.10. The molecule has 0 saturated heterocycles. The maximum absolute atomic E-state index is 12.2. The molecule has 0 saturated carbocycles. The van der Waals surface area contributed by atoms with Gasteiger partial charge in [0.25, 0.3) is 0 Å². The molecule has 0 atom stereocenters. The van der Waals surface area contributed by atoms with Gasteiger partial charge < -0.3 is 14.5 Å². The van der Waals surface area contributed by atoms with E-state index in [9.17, 15) is 9.59 Å². The van der Waals surface area contributed by atoms with E-state index in [4.69, 9.17) is 9.15 Å². The number of carbonyl (C=O) groups excluding carboxylic acids is 1. The van der Waals surface area contributed by atoms with Gasteiger partial charge in [0.2, 0.25) is 0 Å². The van der Waals surface area contributed by atoms with Gasteiger partial charge >= 0.3 is 5.63 Å². The van der Waals surface area contributed by atoms with Crippen LogP contribution in [-0.2, 0) is 0 Å². The Bertz CT molecular complexity index is 972. The Kier molecular flexibility index (Phi) is 4.43. The van der Waals surface area contributed by atoms with Crippen molar-refractivity contribution in [2.45, 2.75) is 0 Å². The zero-order valence-corrected chi connectivity index (χ0v) is 13.0. The third-order valence-corrected chi connectivity index (χ3v) is 3.46. The van der Waals surface area contributed by atoms with E-state index in [2.05, 4.69) is 5.32 Å². The Morgan fingerprint density at radius 3 is 2.79 bits per heavy atom. The van der Waals surface area contributed by atoms with Crippen molar-refractivity contribution in [2.75, 3.05) is 12.4 Å². The molecule has 0 spiro atoms. The highest BCUT2D eigenvalue weighted by molar-refractivity contribution is 6.05. The molecule has 1 heterocycles. The highest BCUT2D eigenvalue weighted by atomic mass is 16.5. The van der Waals surface area contributed by atoms with Crippen LogP contribution in [0, 0.1) is 0 Å². The van der Waals surface area contributed by atoms with Gasteiger partial charge in [-0.3, -0.25) is 4.79 Å². The van der Waals surface area contributed by atoms with E-state index in [0.29, 0.717) is 16.7 Å². The first-order valence-electron chi connectivity index (χ1n) is 7.32. The van der Waals surface area contributed by atoms with Crippen LogP contribution < -0.4 is 15.7 Å². The summed E-state index contributed by atoms with van der Waals surface area (Å²) >= 11 is 0. The van der Waals surface area contributed by atoms with Crippen LogP contribution in [0.25, 0.3) is 11.0 Å². The molecule has 0 fully saturated rings. The van der Waals surface area contributed by atoms with E-state index in [1.165, 1.54) is 12.3 Å². The summed E-state index contributed by atoms with van der Waals surface area (Å²) < 4.78 is 10.3. The Hall–Kier alpha value is -3.34. The third-order valence-electron chi connectivity index (χ3n) is 3.46. The first-order valence-corrected chi connectivity index (χ1v) is 7.32. The molecule has 0 aliphatic rings. The molecule has 3 aromatic rings. The van der Waals surface area contributed by atoms with Crippen LogP contribution in [0.5, 0.6) is 5.75 Å². The Morgan fingerprint density at radius 1 is 1.12 bits per heavy atom. The SMILES string of the molecule is COc1cccc(N/C=C/C(=O)c2cc3ccccc3oc2=O)c1. The number of ketones is 1. The summed E-state index contributed by atoms with van der Waals surface area (Å²) in [4.78, 5) is 24.1. The summed E-state index contributed by atoms with van der Waals surface area (Å²) in [5.41, 5.74) is 0.573. The van der Waals surface area contributed by atoms with Crippen molar-refractivity contribution < 1.29 is 13.9 Å². The fourth-order valence-corrected chi connectivity index (χ4v) is 2.25. The lowest BCUT2D eigenvalue weighted by Crippen LogP contribution is -2.12. The molecule has 5 nitrogen and oxygen atoms in total. The van der Waals surface area contributed by atoms with Crippen molar-refractivity contribution in [1.82, 2.24) is 0 Å². The number of rotatable bonds is 5. The molecular weight excluding hydrogens is 306 g/mol. The van der Waals surface area contributed by atoms with Crippen LogP contribution in [0.4, 0.5) is 5.69 Å². The summed E-state index contributed by atoms with van der Waals surface area (Å²) in [6, 6.07) is 15.9. The second-order valence-corrected chi connectivity index (χ2v) is 5.06. The van der Waals surface area contributed by atoms with Gasteiger partial charge in [-0.25, -0.2) is 4.79 Å². The average molecular weight is 321 g/mol. The maximum atomic E-state index is 12.2. The number of benzene rings is 2. The smallest absolute Gasteiger partial charge is 0.347 e. The van der Waals surface area contributed by atoms with Gasteiger partial charge in [0.1, 0.15) is 16.9 Å².